The minimum Gasteiger partial charge on any atom is -0.449 e. The lowest BCUT2D eigenvalue weighted by atomic mass is 10.1. The Morgan fingerprint density at radius 2 is 1.92 bits per heavy atom. The number of nitrogens with one attached hydrogen (secondary N) is 2. The second kappa shape index (κ2) is 4.91. The number of carbonyl (C=O) groups excluding carboxylic acids is 1. The van der Waals surface area contributed by atoms with E-state index in [1.54, 1.807) is 6.07 Å². The molecule has 1 fully saturated rings. The molecule has 2 N–H and O–H groups in total. The fourth-order valence-electron chi connectivity index (χ4n) is 4.17. The first-order valence-electron chi connectivity index (χ1n) is 8.68. The zero-order valence-corrected chi connectivity index (χ0v) is 14.2. The fourth-order valence-corrected chi connectivity index (χ4v) is 4.17. The van der Waals surface area contributed by atoms with Crippen molar-refractivity contribution in [2.24, 2.45) is 5.92 Å². The molecule has 3 aliphatic rings. The first-order valence-corrected chi connectivity index (χ1v) is 8.68. The molecule has 128 valence electrons. The van der Waals surface area contributed by atoms with Gasteiger partial charge in [-0.15, -0.1) is 0 Å². The summed E-state index contributed by atoms with van der Waals surface area (Å²) in [6.45, 7) is 3.72. The smallest absolute Gasteiger partial charge is 0.319 e. The van der Waals surface area contributed by atoms with Gasteiger partial charge in [0, 0.05) is 37.6 Å². The van der Waals surface area contributed by atoms with E-state index in [9.17, 15) is 4.79 Å². The Bertz CT molecular complexity index is 877. The van der Waals surface area contributed by atoms with Crippen molar-refractivity contribution < 1.29 is 14.3 Å². The van der Waals surface area contributed by atoms with Crippen LogP contribution < -0.4 is 20.1 Å². The van der Waals surface area contributed by atoms with Crippen molar-refractivity contribution >= 4 is 11.7 Å². The number of hydrogen-bond donors (Lipinski definition) is 2. The highest BCUT2D eigenvalue weighted by molar-refractivity contribution is 5.90. The number of carbonyl (C=O) groups is 1. The van der Waals surface area contributed by atoms with E-state index in [-0.39, 0.29) is 12.1 Å². The highest BCUT2D eigenvalue weighted by Gasteiger charge is 2.56. The van der Waals surface area contributed by atoms with E-state index in [0.29, 0.717) is 29.0 Å². The number of benzene rings is 2. The Kier molecular flexibility index (Phi) is 2.87. The molecule has 2 aromatic rings. The number of anilines is 1. The van der Waals surface area contributed by atoms with Gasteiger partial charge in [0.2, 0.25) is 5.79 Å². The maximum absolute atomic E-state index is 12.3. The lowest BCUT2D eigenvalue weighted by Gasteiger charge is -2.16. The summed E-state index contributed by atoms with van der Waals surface area (Å²) in [5, 5.41) is 6.01. The van der Waals surface area contributed by atoms with E-state index in [2.05, 4.69) is 34.9 Å². The molecule has 1 aliphatic heterocycles. The molecule has 1 saturated carbocycles. The number of fused-ring (bicyclic) bond motifs is 4. The first-order chi connectivity index (χ1) is 12.0. The van der Waals surface area contributed by atoms with Gasteiger partial charge in [0.25, 0.3) is 0 Å². The van der Waals surface area contributed by atoms with Gasteiger partial charge in [0.05, 0.1) is 0 Å². The van der Waals surface area contributed by atoms with E-state index in [1.807, 2.05) is 26.0 Å². The van der Waals surface area contributed by atoms with Crippen molar-refractivity contribution in [3.8, 4) is 11.5 Å². The van der Waals surface area contributed by atoms with Gasteiger partial charge in [-0.25, -0.2) is 4.79 Å². The lowest BCUT2D eigenvalue weighted by molar-refractivity contribution is -0.0431. The van der Waals surface area contributed by atoms with Gasteiger partial charge >= 0.3 is 6.03 Å². The van der Waals surface area contributed by atoms with Crippen molar-refractivity contribution in [1.29, 1.82) is 0 Å². The maximum Gasteiger partial charge on any atom is 0.319 e. The molecule has 2 aliphatic carbocycles. The molecule has 0 radical (unpaired) electrons. The van der Waals surface area contributed by atoms with Crippen molar-refractivity contribution in [2.45, 2.75) is 38.0 Å². The van der Waals surface area contributed by atoms with Crippen LogP contribution in [-0.2, 0) is 6.42 Å². The predicted molar refractivity (Wildman–Crippen MR) is 94.1 cm³/mol. The van der Waals surface area contributed by atoms with Crippen LogP contribution in [0.1, 0.15) is 30.9 Å². The summed E-state index contributed by atoms with van der Waals surface area (Å²) in [6.07, 6.45) is 1.06. The number of urea groups is 1. The molecule has 0 bridgehead atoms. The average Bonchev–Trinajstić information content (AvgIpc) is 2.93. The Morgan fingerprint density at radius 3 is 2.80 bits per heavy atom. The Labute approximate surface area is 146 Å². The minimum atomic E-state index is -0.665. The zero-order chi connectivity index (χ0) is 17.2. The number of ether oxygens (including phenoxy) is 2. The van der Waals surface area contributed by atoms with E-state index in [1.165, 1.54) is 11.1 Å². The van der Waals surface area contributed by atoms with Crippen LogP contribution in [0.4, 0.5) is 10.5 Å². The largest absolute Gasteiger partial charge is 0.449 e. The summed E-state index contributed by atoms with van der Waals surface area (Å²) >= 11 is 0. The number of amides is 2. The van der Waals surface area contributed by atoms with Crippen molar-refractivity contribution in [3.05, 3.63) is 53.6 Å². The number of rotatable bonds is 2. The van der Waals surface area contributed by atoms with Crippen LogP contribution in [0.3, 0.4) is 0 Å². The van der Waals surface area contributed by atoms with Crippen molar-refractivity contribution in [1.82, 2.24) is 5.32 Å². The zero-order valence-electron chi connectivity index (χ0n) is 14.2. The molecule has 5 rings (SSSR count). The molecular weight excluding hydrogens is 316 g/mol. The van der Waals surface area contributed by atoms with Gasteiger partial charge in [-0.2, -0.15) is 0 Å². The quantitative estimate of drug-likeness (QED) is 0.880. The second-order valence-corrected chi connectivity index (χ2v) is 7.48. The highest BCUT2D eigenvalue weighted by atomic mass is 16.7. The van der Waals surface area contributed by atoms with Crippen molar-refractivity contribution in [3.63, 3.8) is 0 Å². The topological polar surface area (TPSA) is 59.6 Å². The Morgan fingerprint density at radius 1 is 1.12 bits per heavy atom. The standard InChI is InChI=1S/C20H20N2O3/c1-20(2)24-15-8-7-12(10-16(15)25-20)21-19(23)22-18-14-9-11-5-3-4-6-13(11)17(14)18/h3-8,10,14,17-18H,9H2,1-2H3,(H2,21,22,23). The highest BCUT2D eigenvalue weighted by Crippen LogP contribution is 2.56. The molecule has 3 unspecified atom stereocenters. The molecule has 2 amide bonds. The van der Waals surface area contributed by atoms with Crippen LogP contribution in [0.2, 0.25) is 0 Å². The Balaban J connectivity index is 1.23. The molecule has 5 heteroatoms. The van der Waals surface area contributed by atoms with E-state index < -0.39 is 5.79 Å². The third kappa shape index (κ3) is 2.42. The van der Waals surface area contributed by atoms with E-state index >= 15 is 0 Å². The summed E-state index contributed by atoms with van der Waals surface area (Å²) in [5.74, 6) is 1.70. The normalized spacial score (nSPS) is 26.6. The van der Waals surface area contributed by atoms with Crippen LogP contribution in [0, 0.1) is 5.92 Å². The molecule has 3 atom stereocenters. The fraction of sp³-hybridized carbons (Fsp3) is 0.350. The van der Waals surface area contributed by atoms with Gasteiger partial charge in [-0.05, 0) is 35.6 Å². The van der Waals surface area contributed by atoms with Gasteiger partial charge in [-0.3, -0.25) is 0 Å². The summed E-state index contributed by atoms with van der Waals surface area (Å²) < 4.78 is 11.4. The van der Waals surface area contributed by atoms with Crippen LogP contribution in [-0.4, -0.2) is 17.9 Å². The lowest BCUT2D eigenvalue weighted by Crippen LogP contribution is -2.32. The van der Waals surface area contributed by atoms with Gasteiger partial charge in [0.15, 0.2) is 11.5 Å². The molecular formula is C20H20N2O3. The molecule has 1 heterocycles. The van der Waals surface area contributed by atoms with Crippen LogP contribution in [0.25, 0.3) is 0 Å². The molecule has 0 aromatic heterocycles. The van der Waals surface area contributed by atoms with Gasteiger partial charge in [0.1, 0.15) is 0 Å². The summed E-state index contributed by atoms with van der Waals surface area (Å²) in [4.78, 5) is 12.3. The molecule has 0 spiro atoms. The maximum atomic E-state index is 12.3. The van der Waals surface area contributed by atoms with Gasteiger partial charge in [-0.1, -0.05) is 24.3 Å². The minimum absolute atomic E-state index is 0.171. The van der Waals surface area contributed by atoms with E-state index in [0.717, 1.165) is 6.42 Å². The van der Waals surface area contributed by atoms with Crippen molar-refractivity contribution in [2.75, 3.05) is 5.32 Å². The summed E-state index contributed by atoms with van der Waals surface area (Å²) in [5.41, 5.74) is 3.52. The molecule has 0 saturated heterocycles. The summed E-state index contributed by atoms with van der Waals surface area (Å²) in [7, 11) is 0. The average molecular weight is 336 g/mol. The number of hydrogen-bond acceptors (Lipinski definition) is 3. The van der Waals surface area contributed by atoms with Crippen LogP contribution >= 0.6 is 0 Å². The van der Waals surface area contributed by atoms with Crippen LogP contribution in [0.5, 0.6) is 11.5 Å². The second-order valence-electron chi connectivity index (χ2n) is 7.48. The van der Waals surface area contributed by atoms with Crippen LogP contribution in [0.15, 0.2) is 42.5 Å². The molecule has 5 nitrogen and oxygen atoms in total. The molecule has 25 heavy (non-hydrogen) atoms. The third-order valence-electron chi connectivity index (χ3n) is 5.25. The third-order valence-corrected chi connectivity index (χ3v) is 5.25. The summed E-state index contributed by atoms with van der Waals surface area (Å²) in [6, 6.07) is 14.0. The van der Waals surface area contributed by atoms with Gasteiger partial charge < -0.3 is 20.1 Å². The molecule has 2 aromatic carbocycles. The Hall–Kier alpha value is -2.69. The SMILES string of the molecule is CC1(C)Oc2ccc(NC(=O)NC3C4Cc5ccccc5C43)cc2O1. The predicted octanol–water partition coefficient (Wildman–Crippen LogP) is 3.65. The first kappa shape index (κ1) is 14.6. The monoisotopic (exact) mass is 336 g/mol. The van der Waals surface area contributed by atoms with E-state index in [4.69, 9.17) is 9.47 Å².